The number of para-hydroxylation sites is 2. The van der Waals surface area contributed by atoms with Gasteiger partial charge >= 0.3 is 6.18 Å². The highest BCUT2D eigenvalue weighted by atomic mass is 127. The first-order chi connectivity index (χ1) is 14.8. The Morgan fingerprint density at radius 1 is 1.06 bits per heavy atom. The fourth-order valence-corrected chi connectivity index (χ4v) is 5.34. The van der Waals surface area contributed by atoms with Crippen LogP contribution in [0.25, 0.3) is 0 Å². The SMILES string of the molecule is O=C(N1CCN(C2CC2)c2ccccc21)C1(CCc2cc(I)ccc2C(F)(F)F)CC1. The fraction of sp³-hybridized carbons (Fsp3) is 0.458. The molecule has 1 heterocycles. The third-order valence-corrected chi connectivity index (χ3v) is 7.50. The molecule has 31 heavy (non-hydrogen) atoms. The van der Waals surface area contributed by atoms with Gasteiger partial charge in [0.25, 0.3) is 0 Å². The second kappa shape index (κ2) is 7.67. The van der Waals surface area contributed by atoms with Crippen LogP contribution in [0.4, 0.5) is 24.5 Å². The van der Waals surface area contributed by atoms with E-state index in [2.05, 4.69) is 11.0 Å². The minimum atomic E-state index is -4.38. The van der Waals surface area contributed by atoms with Crippen molar-refractivity contribution in [1.29, 1.82) is 0 Å². The lowest BCUT2D eigenvalue weighted by molar-refractivity contribution is -0.138. The average Bonchev–Trinajstić information content (AvgIpc) is 3.65. The van der Waals surface area contributed by atoms with Crippen LogP contribution in [-0.2, 0) is 17.4 Å². The summed E-state index contributed by atoms with van der Waals surface area (Å²) in [5.74, 6) is 0.0783. The van der Waals surface area contributed by atoms with E-state index in [0.29, 0.717) is 19.0 Å². The Kier molecular flexibility index (Phi) is 5.22. The molecule has 0 radical (unpaired) electrons. The van der Waals surface area contributed by atoms with Gasteiger partial charge in [0.05, 0.1) is 22.4 Å². The predicted octanol–water partition coefficient (Wildman–Crippen LogP) is 6.04. The third-order valence-electron chi connectivity index (χ3n) is 6.83. The van der Waals surface area contributed by atoms with E-state index >= 15 is 0 Å². The molecule has 164 valence electrons. The number of carbonyl (C=O) groups is 1. The maximum atomic E-state index is 13.6. The Labute approximate surface area is 193 Å². The van der Waals surface area contributed by atoms with Crippen LogP contribution in [0.5, 0.6) is 0 Å². The Morgan fingerprint density at radius 2 is 1.77 bits per heavy atom. The molecule has 2 aliphatic carbocycles. The summed E-state index contributed by atoms with van der Waals surface area (Å²) in [5, 5.41) is 0. The Hall–Kier alpha value is -1.77. The Morgan fingerprint density at radius 3 is 2.42 bits per heavy atom. The number of halogens is 4. The van der Waals surface area contributed by atoms with Crippen molar-refractivity contribution in [1.82, 2.24) is 0 Å². The molecule has 5 rings (SSSR count). The van der Waals surface area contributed by atoms with Gasteiger partial charge in [0.1, 0.15) is 0 Å². The predicted molar refractivity (Wildman–Crippen MR) is 123 cm³/mol. The van der Waals surface area contributed by atoms with Gasteiger partial charge in [-0.3, -0.25) is 4.79 Å². The number of aryl methyl sites for hydroxylation is 1. The van der Waals surface area contributed by atoms with Crippen molar-refractivity contribution < 1.29 is 18.0 Å². The summed E-state index contributed by atoms with van der Waals surface area (Å²) >= 11 is 2.04. The van der Waals surface area contributed by atoms with Crippen LogP contribution in [0.15, 0.2) is 42.5 Å². The molecule has 0 saturated heterocycles. The summed E-state index contributed by atoms with van der Waals surface area (Å²) in [6.07, 6.45) is 0.247. The van der Waals surface area contributed by atoms with E-state index in [-0.39, 0.29) is 17.9 Å². The van der Waals surface area contributed by atoms with Crippen molar-refractivity contribution in [3.63, 3.8) is 0 Å². The molecular formula is C24H24F3IN2O. The molecule has 1 amide bonds. The van der Waals surface area contributed by atoms with Gasteiger partial charge in [-0.25, -0.2) is 0 Å². The summed E-state index contributed by atoms with van der Waals surface area (Å²) < 4.78 is 41.1. The molecule has 2 saturated carbocycles. The summed E-state index contributed by atoms with van der Waals surface area (Å²) in [7, 11) is 0. The molecule has 3 nitrogen and oxygen atoms in total. The highest BCUT2D eigenvalue weighted by molar-refractivity contribution is 14.1. The number of carbonyl (C=O) groups excluding carboxylic acids is 1. The van der Waals surface area contributed by atoms with Crippen molar-refractivity contribution in [2.24, 2.45) is 5.41 Å². The number of benzene rings is 2. The molecule has 0 bridgehead atoms. The van der Waals surface area contributed by atoms with Crippen molar-refractivity contribution >= 4 is 39.9 Å². The van der Waals surface area contributed by atoms with E-state index < -0.39 is 17.2 Å². The highest BCUT2D eigenvalue weighted by Crippen LogP contribution is 2.53. The zero-order valence-corrected chi connectivity index (χ0v) is 19.2. The van der Waals surface area contributed by atoms with Crippen LogP contribution >= 0.6 is 22.6 Å². The molecule has 0 N–H and O–H groups in total. The number of anilines is 2. The van der Waals surface area contributed by atoms with Crippen LogP contribution in [0, 0.1) is 8.99 Å². The number of hydrogen-bond donors (Lipinski definition) is 0. The molecule has 0 unspecified atom stereocenters. The first-order valence-corrected chi connectivity index (χ1v) is 11.9. The van der Waals surface area contributed by atoms with Gasteiger partial charge in [-0.05, 0) is 97.0 Å². The lowest BCUT2D eigenvalue weighted by Crippen LogP contribution is -2.47. The summed E-state index contributed by atoms with van der Waals surface area (Å²) in [4.78, 5) is 17.9. The van der Waals surface area contributed by atoms with Gasteiger partial charge in [0.15, 0.2) is 0 Å². The molecule has 7 heteroatoms. The molecule has 2 aromatic rings. The molecule has 0 atom stereocenters. The first-order valence-electron chi connectivity index (χ1n) is 10.8. The van der Waals surface area contributed by atoms with Gasteiger partial charge in [0.2, 0.25) is 5.91 Å². The molecule has 2 fully saturated rings. The molecule has 0 spiro atoms. The third kappa shape index (κ3) is 4.05. The van der Waals surface area contributed by atoms with E-state index in [9.17, 15) is 18.0 Å². The molecule has 1 aliphatic heterocycles. The minimum Gasteiger partial charge on any atom is -0.365 e. The van der Waals surface area contributed by atoms with E-state index in [1.54, 1.807) is 6.07 Å². The fourth-order valence-electron chi connectivity index (χ4n) is 4.79. The van der Waals surface area contributed by atoms with Crippen molar-refractivity contribution in [2.75, 3.05) is 22.9 Å². The maximum Gasteiger partial charge on any atom is 0.416 e. The molecule has 3 aliphatic rings. The Balaban J connectivity index is 1.36. The second-order valence-corrected chi connectivity index (χ2v) is 10.2. The smallest absolute Gasteiger partial charge is 0.365 e. The topological polar surface area (TPSA) is 23.6 Å². The normalized spacial score (nSPS) is 19.9. The largest absolute Gasteiger partial charge is 0.416 e. The second-order valence-electron chi connectivity index (χ2n) is 8.95. The Bertz CT molecular complexity index is 1010. The lowest BCUT2D eigenvalue weighted by atomic mass is 9.92. The van der Waals surface area contributed by atoms with Gasteiger partial charge in [-0.1, -0.05) is 12.1 Å². The number of nitrogens with zero attached hydrogens (tertiary/aromatic N) is 2. The maximum absolute atomic E-state index is 13.6. The number of fused-ring (bicyclic) bond motifs is 1. The van der Waals surface area contributed by atoms with E-state index in [0.717, 1.165) is 40.4 Å². The van der Waals surface area contributed by atoms with Crippen LogP contribution in [-0.4, -0.2) is 25.0 Å². The number of alkyl halides is 3. The quantitative estimate of drug-likeness (QED) is 0.432. The standard InChI is InChI=1S/C24H24F3IN2O/c25-24(26,27)19-8-5-17(28)15-16(19)9-10-23(11-12-23)22(31)30-14-13-29(18-6-7-18)20-3-1-2-4-21(20)30/h1-5,8,15,18H,6-7,9-14H2. The van der Waals surface area contributed by atoms with Crippen LogP contribution in [0.2, 0.25) is 0 Å². The van der Waals surface area contributed by atoms with Gasteiger partial charge in [-0.15, -0.1) is 0 Å². The summed E-state index contributed by atoms with van der Waals surface area (Å²) in [6, 6.07) is 12.9. The van der Waals surface area contributed by atoms with Gasteiger partial charge < -0.3 is 9.80 Å². The number of rotatable bonds is 5. The van der Waals surface area contributed by atoms with Crippen molar-refractivity contribution in [3.05, 3.63) is 57.2 Å². The average molecular weight is 540 g/mol. The summed E-state index contributed by atoms with van der Waals surface area (Å²) in [6.45, 7) is 1.46. The number of hydrogen-bond acceptors (Lipinski definition) is 2. The highest BCUT2D eigenvalue weighted by Gasteiger charge is 2.52. The molecule has 0 aromatic heterocycles. The molecular weight excluding hydrogens is 516 g/mol. The minimum absolute atomic E-state index is 0.0783. The van der Waals surface area contributed by atoms with Gasteiger partial charge in [0, 0.05) is 22.7 Å². The molecule has 2 aromatic carbocycles. The van der Waals surface area contributed by atoms with Crippen LogP contribution in [0.3, 0.4) is 0 Å². The van der Waals surface area contributed by atoms with E-state index in [1.165, 1.54) is 18.9 Å². The van der Waals surface area contributed by atoms with E-state index in [4.69, 9.17) is 0 Å². The van der Waals surface area contributed by atoms with Crippen LogP contribution in [0.1, 0.15) is 43.2 Å². The zero-order valence-electron chi connectivity index (χ0n) is 17.1. The lowest BCUT2D eigenvalue weighted by Gasteiger charge is -2.39. The van der Waals surface area contributed by atoms with Crippen LogP contribution < -0.4 is 9.80 Å². The zero-order chi connectivity index (χ0) is 21.8. The summed E-state index contributed by atoms with van der Waals surface area (Å²) in [5.41, 5.74) is 1.23. The van der Waals surface area contributed by atoms with E-state index in [1.807, 2.05) is 45.7 Å². The number of amides is 1. The van der Waals surface area contributed by atoms with Crippen molar-refractivity contribution in [3.8, 4) is 0 Å². The first kappa shape index (κ1) is 21.1. The van der Waals surface area contributed by atoms with Gasteiger partial charge in [-0.2, -0.15) is 13.2 Å². The van der Waals surface area contributed by atoms with Crippen molar-refractivity contribution in [2.45, 2.75) is 50.7 Å². The monoisotopic (exact) mass is 540 g/mol.